The summed E-state index contributed by atoms with van der Waals surface area (Å²) in [5, 5.41) is 49.0. The van der Waals surface area contributed by atoms with Crippen molar-refractivity contribution in [3.05, 3.63) is 59.2 Å². The predicted octanol–water partition coefficient (Wildman–Crippen LogP) is 1.05. The zero-order chi connectivity index (χ0) is 20.3. The van der Waals surface area contributed by atoms with Crippen LogP contribution in [0.3, 0.4) is 0 Å². The van der Waals surface area contributed by atoms with Crippen LogP contribution in [0.4, 0.5) is 0 Å². The number of aliphatic hydroxyl groups excluding tert-OH is 4. The largest absolute Gasteiger partial charge is 0.508 e. The van der Waals surface area contributed by atoms with Crippen LogP contribution in [0.25, 0.3) is 12.2 Å². The van der Waals surface area contributed by atoms with Crippen LogP contribution < -0.4 is 4.74 Å². The highest BCUT2D eigenvalue weighted by Crippen LogP contribution is 2.28. The number of benzene rings is 2. The molecule has 1 heterocycles. The second-order valence-electron chi connectivity index (χ2n) is 6.82. The molecule has 7 heteroatoms. The Kier molecular flexibility index (Phi) is 6.33. The number of aryl methyl sites for hydroxylation is 1. The average Bonchev–Trinajstić information content (AvgIpc) is 2.67. The zero-order valence-electron chi connectivity index (χ0n) is 15.3. The highest BCUT2D eigenvalue weighted by Gasteiger charge is 2.44. The Morgan fingerprint density at radius 2 is 1.61 bits per heavy atom. The van der Waals surface area contributed by atoms with Crippen LogP contribution in [-0.4, -0.2) is 62.8 Å². The molecule has 1 fully saturated rings. The molecule has 0 aromatic heterocycles. The molecular formula is C21H24O7. The van der Waals surface area contributed by atoms with E-state index in [-0.39, 0.29) is 11.5 Å². The second-order valence-corrected chi connectivity index (χ2v) is 6.82. The lowest BCUT2D eigenvalue weighted by molar-refractivity contribution is -0.277. The summed E-state index contributed by atoms with van der Waals surface area (Å²) in [5.74, 6) is 0.151. The number of phenolic OH excluding ortho intramolecular Hbond substituents is 1. The van der Waals surface area contributed by atoms with Crippen LogP contribution in [0.5, 0.6) is 11.5 Å². The summed E-state index contributed by atoms with van der Waals surface area (Å²) in [7, 11) is 0. The molecule has 0 saturated carbocycles. The number of rotatable bonds is 5. The standard InChI is InChI=1S/C21H24O7/c1-12-2-4-13(5-3-12)6-7-14-8-15(23)10-16(9-14)27-21-20(26)19(25)18(24)17(11-22)28-21/h2-10,17-26H,11H2,1H3/b7-6+/t17-,18-,19+,20-,21-/m1/s1. The van der Waals surface area contributed by atoms with E-state index in [1.54, 1.807) is 18.2 Å². The van der Waals surface area contributed by atoms with Crippen LogP contribution in [0.2, 0.25) is 0 Å². The number of hydrogen-bond acceptors (Lipinski definition) is 7. The van der Waals surface area contributed by atoms with E-state index in [2.05, 4.69) is 0 Å². The molecule has 0 radical (unpaired) electrons. The first kappa shape index (κ1) is 20.3. The monoisotopic (exact) mass is 388 g/mol. The highest BCUT2D eigenvalue weighted by atomic mass is 16.7. The van der Waals surface area contributed by atoms with Crippen molar-refractivity contribution in [2.45, 2.75) is 37.6 Å². The Labute approximate surface area is 162 Å². The quantitative estimate of drug-likeness (QED) is 0.486. The van der Waals surface area contributed by atoms with E-state index in [4.69, 9.17) is 9.47 Å². The molecule has 3 rings (SSSR count). The number of aliphatic hydroxyl groups is 4. The Bertz CT molecular complexity index is 816. The van der Waals surface area contributed by atoms with Gasteiger partial charge < -0.3 is 35.0 Å². The normalized spacial score (nSPS) is 27.8. The number of ether oxygens (including phenoxy) is 2. The van der Waals surface area contributed by atoms with E-state index in [1.807, 2.05) is 37.3 Å². The highest BCUT2D eigenvalue weighted by molar-refractivity contribution is 5.71. The molecule has 5 N–H and O–H groups in total. The van der Waals surface area contributed by atoms with E-state index in [9.17, 15) is 25.5 Å². The van der Waals surface area contributed by atoms with Crippen molar-refractivity contribution in [2.24, 2.45) is 0 Å². The Morgan fingerprint density at radius 3 is 2.29 bits per heavy atom. The average molecular weight is 388 g/mol. The fourth-order valence-electron chi connectivity index (χ4n) is 2.94. The Balaban J connectivity index is 1.76. The molecule has 1 saturated heterocycles. The molecule has 2 aromatic rings. The molecule has 28 heavy (non-hydrogen) atoms. The van der Waals surface area contributed by atoms with Crippen molar-refractivity contribution >= 4 is 12.2 Å². The number of aromatic hydroxyl groups is 1. The topological polar surface area (TPSA) is 120 Å². The third kappa shape index (κ3) is 4.70. The van der Waals surface area contributed by atoms with Crippen molar-refractivity contribution < 1.29 is 35.0 Å². The zero-order valence-corrected chi connectivity index (χ0v) is 15.3. The molecule has 1 aliphatic rings. The van der Waals surface area contributed by atoms with Gasteiger partial charge in [0, 0.05) is 6.07 Å². The number of hydrogen-bond donors (Lipinski definition) is 5. The van der Waals surface area contributed by atoms with Gasteiger partial charge in [0.05, 0.1) is 6.61 Å². The minimum atomic E-state index is -1.53. The Morgan fingerprint density at radius 1 is 0.929 bits per heavy atom. The van der Waals surface area contributed by atoms with Gasteiger partial charge in [-0.05, 0) is 30.2 Å². The first-order valence-corrected chi connectivity index (χ1v) is 8.93. The second kappa shape index (κ2) is 8.72. The maximum absolute atomic E-state index is 10.1. The summed E-state index contributed by atoms with van der Waals surface area (Å²) in [6, 6.07) is 12.5. The lowest BCUT2D eigenvalue weighted by Gasteiger charge is -2.39. The van der Waals surface area contributed by atoms with Crippen LogP contribution >= 0.6 is 0 Å². The van der Waals surface area contributed by atoms with E-state index in [0.29, 0.717) is 5.56 Å². The van der Waals surface area contributed by atoms with Crippen LogP contribution in [0.15, 0.2) is 42.5 Å². The molecule has 2 aromatic carbocycles. The van der Waals surface area contributed by atoms with Crippen molar-refractivity contribution in [1.82, 2.24) is 0 Å². The molecule has 0 spiro atoms. The molecule has 1 aliphatic heterocycles. The predicted molar refractivity (Wildman–Crippen MR) is 103 cm³/mol. The van der Waals surface area contributed by atoms with E-state index in [1.165, 1.54) is 6.07 Å². The summed E-state index contributed by atoms with van der Waals surface area (Å²) >= 11 is 0. The van der Waals surface area contributed by atoms with Crippen molar-refractivity contribution in [3.63, 3.8) is 0 Å². The molecule has 0 unspecified atom stereocenters. The molecule has 5 atom stereocenters. The van der Waals surface area contributed by atoms with Gasteiger partial charge in [-0.3, -0.25) is 0 Å². The molecule has 0 bridgehead atoms. The first-order chi connectivity index (χ1) is 13.4. The van der Waals surface area contributed by atoms with Gasteiger partial charge in [-0.15, -0.1) is 0 Å². The van der Waals surface area contributed by atoms with E-state index in [0.717, 1.165) is 11.1 Å². The number of phenols is 1. The third-order valence-electron chi connectivity index (χ3n) is 4.56. The Hall–Kier alpha value is -2.42. The molecule has 0 aliphatic carbocycles. The van der Waals surface area contributed by atoms with Gasteiger partial charge in [-0.25, -0.2) is 0 Å². The van der Waals surface area contributed by atoms with E-state index < -0.39 is 37.3 Å². The summed E-state index contributed by atoms with van der Waals surface area (Å²) in [6.07, 6.45) is -3.22. The maximum atomic E-state index is 10.1. The SMILES string of the molecule is Cc1ccc(/C=C/c2cc(O)cc(O[C@@H]3O[C@H](CO)[C@@H](O)[C@H](O)[C@H]3O)c2)cc1. The summed E-state index contributed by atoms with van der Waals surface area (Å²) < 4.78 is 10.9. The molecular weight excluding hydrogens is 364 g/mol. The van der Waals surface area contributed by atoms with Gasteiger partial charge in [0.1, 0.15) is 35.9 Å². The molecule has 7 nitrogen and oxygen atoms in total. The van der Waals surface area contributed by atoms with Gasteiger partial charge in [-0.2, -0.15) is 0 Å². The van der Waals surface area contributed by atoms with Gasteiger partial charge >= 0.3 is 0 Å². The third-order valence-corrected chi connectivity index (χ3v) is 4.56. The lowest BCUT2D eigenvalue weighted by Crippen LogP contribution is -2.60. The molecule has 0 amide bonds. The fraction of sp³-hybridized carbons (Fsp3) is 0.333. The minimum Gasteiger partial charge on any atom is -0.508 e. The van der Waals surface area contributed by atoms with Crippen LogP contribution in [0, 0.1) is 6.92 Å². The summed E-state index contributed by atoms with van der Waals surface area (Å²) in [5.41, 5.74) is 2.80. The van der Waals surface area contributed by atoms with Gasteiger partial charge in [0.25, 0.3) is 0 Å². The summed E-state index contributed by atoms with van der Waals surface area (Å²) in [4.78, 5) is 0. The molecule has 150 valence electrons. The summed E-state index contributed by atoms with van der Waals surface area (Å²) in [6.45, 7) is 1.46. The van der Waals surface area contributed by atoms with Crippen molar-refractivity contribution in [1.29, 1.82) is 0 Å². The van der Waals surface area contributed by atoms with Crippen molar-refractivity contribution in [2.75, 3.05) is 6.61 Å². The van der Waals surface area contributed by atoms with Gasteiger partial charge in [0.2, 0.25) is 6.29 Å². The van der Waals surface area contributed by atoms with Gasteiger partial charge in [-0.1, -0.05) is 42.0 Å². The van der Waals surface area contributed by atoms with Crippen LogP contribution in [0.1, 0.15) is 16.7 Å². The maximum Gasteiger partial charge on any atom is 0.229 e. The van der Waals surface area contributed by atoms with Gasteiger partial charge in [0.15, 0.2) is 0 Å². The lowest BCUT2D eigenvalue weighted by atomic mass is 9.99. The smallest absolute Gasteiger partial charge is 0.229 e. The van der Waals surface area contributed by atoms with Crippen LogP contribution in [-0.2, 0) is 4.74 Å². The first-order valence-electron chi connectivity index (χ1n) is 8.93. The van der Waals surface area contributed by atoms with E-state index >= 15 is 0 Å². The fourth-order valence-corrected chi connectivity index (χ4v) is 2.94. The minimum absolute atomic E-state index is 0.0503. The van der Waals surface area contributed by atoms with Crippen molar-refractivity contribution in [3.8, 4) is 11.5 Å².